The summed E-state index contributed by atoms with van der Waals surface area (Å²) in [5.74, 6) is 1.14. The third kappa shape index (κ3) is 2.85. The van der Waals surface area contributed by atoms with Gasteiger partial charge in [0, 0.05) is 13.1 Å². The van der Waals surface area contributed by atoms with Crippen molar-refractivity contribution >= 4 is 5.91 Å². The van der Waals surface area contributed by atoms with Gasteiger partial charge in [-0.05, 0) is 31.6 Å². The summed E-state index contributed by atoms with van der Waals surface area (Å²) >= 11 is 0. The highest BCUT2D eigenvalue weighted by Gasteiger charge is 2.50. The largest absolute Gasteiger partial charge is 0.341 e. The van der Waals surface area contributed by atoms with Gasteiger partial charge in [-0.1, -0.05) is 33.6 Å². The van der Waals surface area contributed by atoms with Crippen molar-refractivity contribution in [3.05, 3.63) is 0 Å². The van der Waals surface area contributed by atoms with Crippen LogP contribution in [0.3, 0.4) is 0 Å². The lowest BCUT2D eigenvalue weighted by Crippen LogP contribution is -2.51. The van der Waals surface area contributed by atoms with Crippen LogP contribution in [0.25, 0.3) is 0 Å². The molecule has 3 heteroatoms. The molecule has 0 aromatic carbocycles. The van der Waals surface area contributed by atoms with Crippen molar-refractivity contribution in [2.75, 3.05) is 13.1 Å². The maximum Gasteiger partial charge on any atom is 0.243 e. The molecule has 102 valence electrons. The second-order valence-electron chi connectivity index (χ2n) is 5.73. The first-order valence-electron chi connectivity index (χ1n) is 7.23. The summed E-state index contributed by atoms with van der Waals surface area (Å²) in [6, 6.07) is 2.28. The maximum absolute atomic E-state index is 12.5. The molecule has 0 radical (unpaired) electrons. The summed E-state index contributed by atoms with van der Waals surface area (Å²) in [6.07, 6.45) is 3.66. The minimum absolute atomic E-state index is 0.0671. The topological polar surface area (TPSA) is 44.1 Å². The lowest BCUT2D eigenvalue weighted by atomic mass is 9.62. The van der Waals surface area contributed by atoms with E-state index in [0.29, 0.717) is 18.4 Å². The Labute approximate surface area is 111 Å². The molecule has 18 heavy (non-hydrogen) atoms. The van der Waals surface area contributed by atoms with Gasteiger partial charge in [0.25, 0.3) is 0 Å². The smallest absolute Gasteiger partial charge is 0.243 e. The fourth-order valence-corrected chi connectivity index (χ4v) is 2.96. The summed E-state index contributed by atoms with van der Waals surface area (Å²) in [7, 11) is 0. The van der Waals surface area contributed by atoms with Gasteiger partial charge in [-0.3, -0.25) is 4.79 Å². The number of carbonyl (C=O) groups is 1. The molecule has 0 saturated heterocycles. The fraction of sp³-hybridized carbons (Fsp3) is 0.867. The average Bonchev–Trinajstić information content (AvgIpc) is 2.35. The van der Waals surface area contributed by atoms with E-state index < -0.39 is 5.41 Å². The lowest BCUT2D eigenvalue weighted by molar-refractivity contribution is -0.145. The molecule has 0 aromatic rings. The van der Waals surface area contributed by atoms with E-state index in [-0.39, 0.29) is 5.91 Å². The second kappa shape index (κ2) is 6.22. The van der Waals surface area contributed by atoms with Crippen molar-refractivity contribution in [3.63, 3.8) is 0 Å². The van der Waals surface area contributed by atoms with Gasteiger partial charge in [0.1, 0.15) is 5.41 Å². The minimum atomic E-state index is -0.707. The van der Waals surface area contributed by atoms with E-state index in [9.17, 15) is 10.1 Å². The van der Waals surface area contributed by atoms with Gasteiger partial charge < -0.3 is 4.90 Å². The fourth-order valence-electron chi connectivity index (χ4n) is 2.96. The highest BCUT2D eigenvalue weighted by Crippen LogP contribution is 2.46. The van der Waals surface area contributed by atoms with E-state index >= 15 is 0 Å². The van der Waals surface area contributed by atoms with Crippen molar-refractivity contribution in [2.24, 2.45) is 17.3 Å². The van der Waals surface area contributed by atoms with Crippen molar-refractivity contribution in [2.45, 2.75) is 53.4 Å². The molecular weight excluding hydrogens is 224 g/mol. The third-order valence-corrected chi connectivity index (χ3v) is 4.32. The molecule has 1 fully saturated rings. The van der Waals surface area contributed by atoms with Crippen LogP contribution in [0.15, 0.2) is 0 Å². The van der Waals surface area contributed by atoms with Crippen molar-refractivity contribution in [1.82, 2.24) is 4.90 Å². The number of hydrogen-bond acceptors (Lipinski definition) is 2. The summed E-state index contributed by atoms with van der Waals surface area (Å²) in [4.78, 5) is 14.4. The van der Waals surface area contributed by atoms with Crippen LogP contribution in [0.5, 0.6) is 0 Å². The Kier molecular flexibility index (Phi) is 5.19. The first-order valence-corrected chi connectivity index (χ1v) is 7.23. The Morgan fingerprint density at radius 1 is 1.39 bits per heavy atom. The molecule has 0 N–H and O–H groups in total. The van der Waals surface area contributed by atoms with E-state index in [1.165, 1.54) is 0 Å². The van der Waals surface area contributed by atoms with E-state index in [4.69, 9.17) is 0 Å². The second-order valence-corrected chi connectivity index (χ2v) is 5.73. The molecule has 0 aromatic heterocycles. The maximum atomic E-state index is 12.5. The van der Waals surface area contributed by atoms with Crippen LogP contribution in [-0.4, -0.2) is 23.9 Å². The highest BCUT2D eigenvalue weighted by molar-refractivity contribution is 5.86. The van der Waals surface area contributed by atoms with Crippen LogP contribution in [0.1, 0.15) is 53.4 Å². The number of nitriles is 1. The van der Waals surface area contributed by atoms with Gasteiger partial charge in [0.05, 0.1) is 6.07 Å². The molecule has 1 amide bonds. The van der Waals surface area contributed by atoms with Crippen molar-refractivity contribution in [1.29, 1.82) is 5.26 Å². The van der Waals surface area contributed by atoms with E-state index in [2.05, 4.69) is 26.8 Å². The van der Waals surface area contributed by atoms with Crippen LogP contribution < -0.4 is 0 Å². The van der Waals surface area contributed by atoms with Crippen molar-refractivity contribution < 1.29 is 4.79 Å². The number of carbonyl (C=O) groups excluding carboxylic acids is 1. The molecule has 1 rings (SSSR count). The minimum Gasteiger partial charge on any atom is -0.341 e. The summed E-state index contributed by atoms with van der Waals surface area (Å²) < 4.78 is 0. The summed E-state index contributed by atoms with van der Waals surface area (Å²) in [5.41, 5.74) is -0.707. The van der Waals surface area contributed by atoms with Gasteiger partial charge in [-0.25, -0.2) is 0 Å². The summed E-state index contributed by atoms with van der Waals surface area (Å²) in [6.45, 7) is 9.97. The Morgan fingerprint density at radius 2 is 1.94 bits per heavy atom. The average molecular weight is 250 g/mol. The SMILES string of the molecule is CCC(CC)CN(CC)C(=O)C1(C#N)CC(C)C1. The normalized spacial score (nSPS) is 26.6. The van der Waals surface area contributed by atoms with Crippen LogP contribution in [0.4, 0.5) is 0 Å². The molecule has 0 spiro atoms. The van der Waals surface area contributed by atoms with Gasteiger partial charge >= 0.3 is 0 Å². The monoisotopic (exact) mass is 250 g/mol. The van der Waals surface area contributed by atoms with E-state index in [1.807, 2.05) is 11.8 Å². The quantitative estimate of drug-likeness (QED) is 0.726. The zero-order valence-electron chi connectivity index (χ0n) is 12.2. The van der Waals surface area contributed by atoms with Crippen LogP contribution in [-0.2, 0) is 4.79 Å². The lowest BCUT2D eigenvalue weighted by Gasteiger charge is -2.42. The molecule has 0 heterocycles. The highest BCUT2D eigenvalue weighted by atomic mass is 16.2. The van der Waals surface area contributed by atoms with Crippen LogP contribution >= 0.6 is 0 Å². The zero-order valence-corrected chi connectivity index (χ0v) is 12.2. The molecule has 1 saturated carbocycles. The first kappa shape index (κ1) is 15.0. The Hall–Kier alpha value is -1.04. The number of hydrogen-bond donors (Lipinski definition) is 0. The van der Waals surface area contributed by atoms with Crippen LogP contribution in [0, 0.1) is 28.6 Å². The standard InChI is InChI=1S/C15H26N2O/c1-5-13(6-2)10-17(7-3)14(18)15(11-16)8-12(4)9-15/h12-13H,5-10H2,1-4H3. The molecule has 0 bridgehead atoms. The number of rotatable bonds is 6. The van der Waals surface area contributed by atoms with E-state index in [1.54, 1.807) is 0 Å². The van der Waals surface area contributed by atoms with Crippen molar-refractivity contribution in [3.8, 4) is 6.07 Å². The Morgan fingerprint density at radius 3 is 2.28 bits per heavy atom. The van der Waals surface area contributed by atoms with Crippen LogP contribution in [0.2, 0.25) is 0 Å². The molecule has 1 aliphatic carbocycles. The molecule has 1 aliphatic rings. The molecule has 0 unspecified atom stereocenters. The predicted octanol–water partition coefficient (Wildman–Crippen LogP) is 3.21. The Balaban J connectivity index is 2.71. The molecule has 0 aliphatic heterocycles. The third-order valence-electron chi connectivity index (χ3n) is 4.32. The van der Waals surface area contributed by atoms with Gasteiger partial charge in [-0.2, -0.15) is 5.26 Å². The molecule has 0 atom stereocenters. The van der Waals surface area contributed by atoms with Gasteiger partial charge in [-0.15, -0.1) is 0 Å². The number of amides is 1. The Bertz CT molecular complexity index is 322. The number of nitrogens with zero attached hydrogens (tertiary/aromatic N) is 2. The predicted molar refractivity (Wildman–Crippen MR) is 72.8 cm³/mol. The zero-order chi connectivity index (χ0) is 13.8. The molecule has 3 nitrogen and oxygen atoms in total. The first-order chi connectivity index (χ1) is 8.52. The summed E-state index contributed by atoms with van der Waals surface area (Å²) in [5, 5.41) is 9.32. The van der Waals surface area contributed by atoms with Gasteiger partial charge in [0.2, 0.25) is 5.91 Å². The van der Waals surface area contributed by atoms with E-state index in [0.717, 1.165) is 32.2 Å². The van der Waals surface area contributed by atoms with Gasteiger partial charge in [0.15, 0.2) is 0 Å². The molecular formula is C15H26N2O.